The molecule has 2 rings (SSSR count). The third-order valence-electron chi connectivity index (χ3n) is 4.17. The van der Waals surface area contributed by atoms with Gasteiger partial charge in [0.2, 0.25) is 0 Å². The fourth-order valence-electron chi connectivity index (χ4n) is 2.54. The van der Waals surface area contributed by atoms with Crippen molar-refractivity contribution >= 4 is 24.3 Å². The zero-order chi connectivity index (χ0) is 19.2. The van der Waals surface area contributed by atoms with Gasteiger partial charge in [0.25, 0.3) is 0 Å². The number of rotatable bonds is 3. The highest BCUT2D eigenvalue weighted by Gasteiger charge is 2.19. The molecule has 0 aromatic carbocycles. The Morgan fingerprint density at radius 1 is 0.885 bits per heavy atom. The van der Waals surface area contributed by atoms with Gasteiger partial charge in [-0.15, -0.1) is 12.4 Å². The Morgan fingerprint density at radius 2 is 1.27 bits per heavy atom. The second kappa shape index (κ2) is 16.3. The maximum Gasteiger partial charge on any atom is 0.322 e. The minimum atomic E-state index is -0.963. The summed E-state index contributed by atoms with van der Waals surface area (Å²) in [4.78, 5) is 20.6. The maximum absolute atomic E-state index is 11.1. The van der Waals surface area contributed by atoms with E-state index in [0.29, 0.717) is 0 Å². The van der Waals surface area contributed by atoms with Gasteiger partial charge in [0.05, 0.1) is 6.10 Å². The lowest BCUT2D eigenvalue weighted by atomic mass is 9.98. The molecule has 0 unspecified atom stereocenters. The van der Waals surface area contributed by atoms with Crippen molar-refractivity contribution in [3.05, 3.63) is 0 Å². The molecule has 8 heteroatoms. The number of carbonyl (C=O) groups excluding carboxylic acids is 1. The number of carboxylic acids is 1. The standard InChI is InChI=1S/C9H17NO2.C6H12O.C3H7NO2.ClH/c1-7(10)9(11)12-8-5-3-2-4-6-8;7-6-4-2-1-3-5-6;1-2(4)3(5)6;/h7-8H,2-6,10H2,1H3;6-7H,1-5H2;2H,4H2,1H3,(H,5,6);1H/t7-;;2-;/m1.1./s1. The number of halogens is 1. The molecule has 6 N–H and O–H groups in total. The summed E-state index contributed by atoms with van der Waals surface area (Å²) in [5.41, 5.74) is 10.2. The highest BCUT2D eigenvalue weighted by Crippen LogP contribution is 2.20. The van der Waals surface area contributed by atoms with Crippen LogP contribution in [0.5, 0.6) is 0 Å². The van der Waals surface area contributed by atoms with Crippen molar-refractivity contribution < 1.29 is 24.5 Å². The Hall–Kier alpha value is -0.890. The van der Waals surface area contributed by atoms with Gasteiger partial charge in [-0.1, -0.05) is 25.7 Å². The van der Waals surface area contributed by atoms with Gasteiger partial charge in [-0.3, -0.25) is 9.59 Å². The molecule has 2 fully saturated rings. The van der Waals surface area contributed by atoms with Crippen LogP contribution in [0.4, 0.5) is 0 Å². The summed E-state index contributed by atoms with van der Waals surface area (Å²) in [5, 5.41) is 16.8. The quantitative estimate of drug-likeness (QED) is 0.537. The van der Waals surface area contributed by atoms with Gasteiger partial charge in [0, 0.05) is 0 Å². The van der Waals surface area contributed by atoms with Crippen molar-refractivity contribution in [1.82, 2.24) is 0 Å². The van der Waals surface area contributed by atoms with E-state index in [1.165, 1.54) is 45.4 Å². The molecule has 7 nitrogen and oxygen atoms in total. The van der Waals surface area contributed by atoms with E-state index < -0.39 is 18.1 Å². The predicted octanol–water partition coefficient (Wildman–Crippen LogP) is 2.36. The summed E-state index contributed by atoms with van der Waals surface area (Å²) in [6.45, 7) is 3.08. The summed E-state index contributed by atoms with van der Waals surface area (Å²) in [6.07, 6.45) is 11.7. The third-order valence-corrected chi connectivity index (χ3v) is 4.17. The minimum Gasteiger partial charge on any atom is -0.480 e. The number of aliphatic carboxylic acids is 1. The zero-order valence-corrected chi connectivity index (χ0v) is 16.9. The SMILES string of the molecule is C[C@@H](N)C(=O)O.C[C@@H](N)C(=O)OC1CCCCC1.Cl.OC1CCCCC1. The van der Waals surface area contributed by atoms with E-state index >= 15 is 0 Å². The van der Waals surface area contributed by atoms with Crippen LogP contribution in [-0.4, -0.2) is 46.4 Å². The summed E-state index contributed by atoms with van der Waals surface area (Å²) in [5.74, 6) is -1.23. The van der Waals surface area contributed by atoms with Gasteiger partial charge in [-0.05, 0) is 52.4 Å². The number of carboxylic acid groups (broad SMARTS) is 1. The van der Waals surface area contributed by atoms with Crippen LogP contribution in [0.2, 0.25) is 0 Å². The summed E-state index contributed by atoms with van der Waals surface area (Å²) < 4.78 is 5.19. The molecule has 2 saturated carbocycles. The van der Waals surface area contributed by atoms with E-state index in [0.717, 1.165) is 25.7 Å². The first-order valence-electron chi connectivity index (χ1n) is 9.36. The van der Waals surface area contributed by atoms with E-state index in [1.54, 1.807) is 6.92 Å². The Bertz CT molecular complexity index is 369. The highest BCUT2D eigenvalue weighted by atomic mass is 35.5. The smallest absolute Gasteiger partial charge is 0.322 e. The Morgan fingerprint density at radius 3 is 1.54 bits per heavy atom. The molecule has 0 amide bonds. The van der Waals surface area contributed by atoms with Crippen LogP contribution in [0.1, 0.15) is 78.1 Å². The molecule has 156 valence electrons. The van der Waals surface area contributed by atoms with Gasteiger partial charge < -0.3 is 26.4 Å². The lowest BCUT2D eigenvalue weighted by molar-refractivity contribution is -0.151. The van der Waals surface area contributed by atoms with E-state index in [9.17, 15) is 9.59 Å². The second-order valence-electron chi connectivity index (χ2n) is 6.90. The first-order chi connectivity index (χ1) is 11.7. The molecular weight excluding hydrogens is 360 g/mol. The van der Waals surface area contributed by atoms with E-state index in [-0.39, 0.29) is 30.6 Å². The van der Waals surface area contributed by atoms with E-state index in [1.807, 2.05) is 0 Å². The van der Waals surface area contributed by atoms with Crippen molar-refractivity contribution in [3.8, 4) is 0 Å². The largest absolute Gasteiger partial charge is 0.480 e. The topological polar surface area (TPSA) is 136 Å². The molecule has 0 aromatic rings. The lowest BCUT2D eigenvalue weighted by Gasteiger charge is -2.22. The Kier molecular flexibility index (Phi) is 17.1. The molecule has 2 aliphatic rings. The van der Waals surface area contributed by atoms with Crippen molar-refractivity contribution in [3.63, 3.8) is 0 Å². The number of carbonyl (C=O) groups is 2. The minimum absolute atomic E-state index is 0. The molecule has 26 heavy (non-hydrogen) atoms. The van der Waals surface area contributed by atoms with E-state index in [4.69, 9.17) is 26.4 Å². The molecule has 0 spiro atoms. The molecular formula is C18H37ClN2O5. The first kappa shape index (κ1) is 27.3. The first-order valence-corrected chi connectivity index (χ1v) is 9.36. The van der Waals surface area contributed by atoms with Crippen molar-refractivity contribution in [1.29, 1.82) is 0 Å². The van der Waals surface area contributed by atoms with E-state index in [2.05, 4.69) is 0 Å². The van der Waals surface area contributed by atoms with Crippen LogP contribution in [0.15, 0.2) is 0 Å². The predicted molar refractivity (Wildman–Crippen MR) is 104 cm³/mol. The van der Waals surface area contributed by atoms with Crippen molar-refractivity contribution in [2.75, 3.05) is 0 Å². The molecule has 0 radical (unpaired) electrons. The molecule has 2 aliphatic carbocycles. The monoisotopic (exact) mass is 396 g/mol. The normalized spacial score (nSPS) is 20.0. The summed E-state index contributed by atoms with van der Waals surface area (Å²) >= 11 is 0. The van der Waals surface area contributed by atoms with Crippen molar-refractivity contribution in [2.24, 2.45) is 11.5 Å². The average molecular weight is 397 g/mol. The third kappa shape index (κ3) is 15.4. The number of nitrogens with two attached hydrogens (primary N) is 2. The Balaban J connectivity index is 0. The highest BCUT2D eigenvalue weighted by molar-refractivity contribution is 5.85. The number of hydrogen-bond acceptors (Lipinski definition) is 6. The van der Waals surface area contributed by atoms with Gasteiger partial charge in [0.15, 0.2) is 0 Å². The summed E-state index contributed by atoms with van der Waals surface area (Å²) in [6, 6.07) is -1.21. The molecule has 2 atom stereocenters. The number of hydrogen-bond donors (Lipinski definition) is 4. The van der Waals surface area contributed by atoms with Crippen LogP contribution < -0.4 is 11.5 Å². The van der Waals surface area contributed by atoms with Crippen LogP contribution >= 0.6 is 12.4 Å². The number of ether oxygens (including phenoxy) is 1. The fraction of sp³-hybridized carbons (Fsp3) is 0.889. The van der Waals surface area contributed by atoms with Gasteiger partial charge >= 0.3 is 11.9 Å². The fourth-order valence-corrected chi connectivity index (χ4v) is 2.54. The summed E-state index contributed by atoms with van der Waals surface area (Å²) in [7, 11) is 0. The molecule has 0 bridgehead atoms. The van der Waals surface area contributed by atoms with Gasteiger partial charge in [-0.2, -0.15) is 0 Å². The number of esters is 1. The average Bonchev–Trinajstić information content (AvgIpc) is 2.57. The van der Waals surface area contributed by atoms with Gasteiger partial charge in [-0.25, -0.2) is 0 Å². The molecule has 0 saturated heterocycles. The maximum atomic E-state index is 11.1. The number of aliphatic hydroxyl groups is 1. The molecule has 0 aromatic heterocycles. The van der Waals surface area contributed by atoms with Crippen LogP contribution in [0.3, 0.4) is 0 Å². The number of aliphatic hydroxyl groups excluding tert-OH is 1. The van der Waals surface area contributed by atoms with Crippen LogP contribution in [0, 0.1) is 0 Å². The second-order valence-corrected chi connectivity index (χ2v) is 6.90. The lowest BCUT2D eigenvalue weighted by Crippen LogP contribution is -2.32. The van der Waals surface area contributed by atoms with Crippen LogP contribution in [0.25, 0.3) is 0 Å². The van der Waals surface area contributed by atoms with Crippen LogP contribution in [-0.2, 0) is 14.3 Å². The zero-order valence-electron chi connectivity index (χ0n) is 16.1. The molecule has 0 aliphatic heterocycles. The van der Waals surface area contributed by atoms with Crippen molar-refractivity contribution in [2.45, 2.75) is 102 Å². The molecule has 0 heterocycles. The Labute approximate surface area is 163 Å². The van der Waals surface area contributed by atoms with Gasteiger partial charge in [0.1, 0.15) is 18.2 Å².